The quantitative estimate of drug-likeness (QED) is 0.637. The van der Waals surface area contributed by atoms with Gasteiger partial charge < -0.3 is 15.8 Å². The van der Waals surface area contributed by atoms with Crippen LogP contribution in [0.15, 0.2) is 18.2 Å². The highest BCUT2D eigenvalue weighted by Crippen LogP contribution is 2.28. The summed E-state index contributed by atoms with van der Waals surface area (Å²) in [6.07, 6.45) is 0. The van der Waals surface area contributed by atoms with Gasteiger partial charge in [-0.3, -0.25) is 0 Å². The van der Waals surface area contributed by atoms with E-state index in [-0.39, 0.29) is 5.11 Å². The lowest BCUT2D eigenvalue weighted by molar-refractivity contribution is 0.0603. The number of esters is 1. The van der Waals surface area contributed by atoms with Crippen LogP contribution in [0.3, 0.4) is 0 Å². The van der Waals surface area contributed by atoms with E-state index in [1.165, 1.54) is 18.4 Å². The minimum absolute atomic E-state index is 0.142. The molecule has 0 amide bonds. The second-order valence-corrected chi connectivity index (χ2v) is 4.62. The zero-order chi connectivity index (χ0) is 12.4. The van der Waals surface area contributed by atoms with E-state index in [2.05, 4.69) is 15.0 Å². The van der Waals surface area contributed by atoms with Crippen LogP contribution >= 0.6 is 23.6 Å². The molecule has 7 heteroatoms. The summed E-state index contributed by atoms with van der Waals surface area (Å²) >= 11 is 6.10. The van der Waals surface area contributed by atoms with Crippen molar-refractivity contribution in [3.8, 4) is 0 Å². The van der Waals surface area contributed by atoms with Crippen molar-refractivity contribution in [1.82, 2.24) is 4.98 Å². The van der Waals surface area contributed by atoms with Crippen LogP contribution in [0.5, 0.6) is 0 Å². The van der Waals surface area contributed by atoms with Crippen LogP contribution < -0.4 is 11.1 Å². The van der Waals surface area contributed by atoms with Crippen molar-refractivity contribution >= 4 is 50.0 Å². The van der Waals surface area contributed by atoms with E-state index in [9.17, 15) is 4.79 Å². The Kier molecular flexibility index (Phi) is 3.21. The van der Waals surface area contributed by atoms with Crippen molar-refractivity contribution in [1.29, 1.82) is 0 Å². The molecule has 88 valence electrons. The summed E-state index contributed by atoms with van der Waals surface area (Å²) in [4.78, 5) is 15.8. The third kappa shape index (κ3) is 2.34. The van der Waals surface area contributed by atoms with Crippen LogP contribution in [-0.4, -0.2) is 23.2 Å². The third-order valence-electron chi connectivity index (χ3n) is 2.05. The van der Waals surface area contributed by atoms with Crippen LogP contribution in [0.4, 0.5) is 5.13 Å². The lowest BCUT2D eigenvalue weighted by Crippen LogP contribution is -2.18. The summed E-state index contributed by atoms with van der Waals surface area (Å²) in [7, 11) is 1.34. The van der Waals surface area contributed by atoms with Crippen LogP contribution in [0.2, 0.25) is 0 Å². The van der Waals surface area contributed by atoms with Crippen molar-refractivity contribution in [2.24, 2.45) is 5.73 Å². The Labute approximate surface area is 107 Å². The maximum Gasteiger partial charge on any atom is 0.340 e. The zero-order valence-electron chi connectivity index (χ0n) is 8.89. The van der Waals surface area contributed by atoms with E-state index in [0.717, 1.165) is 4.70 Å². The first-order valence-corrected chi connectivity index (χ1v) is 5.88. The number of hydrogen-bond donors (Lipinski definition) is 2. The van der Waals surface area contributed by atoms with Crippen molar-refractivity contribution in [2.75, 3.05) is 12.4 Å². The van der Waals surface area contributed by atoms with Gasteiger partial charge in [0.2, 0.25) is 0 Å². The average Bonchev–Trinajstić information content (AvgIpc) is 2.68. The van der Waals surface area contributed by atoms with Crippen LogP contribution in [0.1, 0.15) is 10.4 Å². The van der Waals surface area contributed by atoms with Gasteiger partial charge in [0.1, 0.15) is 0 Å². The lowest BCUT2D eigenvalue weighted by Gasteiger charge is -1.98. The fraction of sp³-hybridized carbons (Fsp3) is 0.100. The predicted octanol–water partition coefficient (Wildman–Crippen LogP) is 1.74. The number of nitrogens with one attached hydrogen (secondary N) is 1. The molecule has 3 N–H and O–H groups in total. The summed E-state index contributed by atoms with van der Waals surface area (Å²) in [6.45, 7) is 0. The summed E-state index contributed by atoms with van der Waals surface area (Å²) in [5.41, 5.74) is 6.38. The zero-order valence-corrected chi connectivity index (χ0v) is 10.5. The topological polar surface area (TPSA) is 77.2 Å². The number of hydrogen-bond acceptors (Lipinski definition) is 5. The normalized spacial score (nSPS) is 10.2. The Bertz CT molecular complexity index is 594. The Morgan fingerprint density at radius 1 is 1.59 bits per heavy atom. The summed E-state index contributed by atoms with van der Waals surface area (Å²) in [5.74, 6) is -0.414. The van der Waals surface area contributed by atoms with E-state index in [1.807, 2.05) is 6.07 Å². The Morgan fingerprint density at radius 3 is 3.00 bits per heavy atom. The van der Waals surface area contributed by atoms with Crippen molar-refractivity contribution in [3.63, 3.8) is 0 Å². The first kappa shape index (κ1) is 11.7. The highest BCUT2D eigenvalue weighted by Gasteiger charge is 2.14. The predicted molar refractivity (Wildman–Crippen MR) is 71.4 cm³/mol. The minimum atomic E-state index is -0.414. The van der Waals surface area contributed by atoms with Gasteiger partial charge in [0, 0.05) is 0 Å². The number of carbonyl (C=O) groups is 1. The number of methoxy groups -OCH3 is 1. The highest BCUT2D eigenvalue weighted by molar-refractivity contribution is 7.80. The molecular formula is C10H9N3O2S2. The monoisotopic (exact) mass is 267 g/mol. The summed E-state index contributed by atoms with van der Waals surface area (Å²) < 4.78 is 5.56. The minimum Gasteiger partial charge on any atom is -0.465 e. The van der Waals surface area contributed by atoms with Gasteiger partial charge in [0.05, 0.1) is 22.9 Å². The number of rotatable bonds is 2. The van der Waals surface area contributed by atoms with Crippen molar-refractivity contribution in [2.45, 2.75) is 0 Å². The molecule has 0 fully saturated rings. The molecule has 0 saturated heterocycles. The van der Waals surface area contributed by atoms with Crippen LogP contribution in [-0.2, 0) is 4.74 Å². The molecule has 1 heterocycles. The van der Waals surface area contributed by atoms with E-state index < -0.39 is 5.97 Å². The Hall–Kier alpha value is -1.73. The van der Waals surface area contributed by atoms with Gasteiger partial charge in [-0.05, 0) is 24.4 Å². The van der Waals surface area contributed by atoms with E-state index in [4.69, 9.17) is 18.0 Å². The standard InChI is InChI=1S/C10H9N3O2S2/c1-15-8(14)5-3-2-4-6-7(5)12-10(17-6)13-9(11)16/h2-4H,1H3,(H3,11,12,13,16). The maximum absolute atomic E-state index is 11.5. The molecule has 0 unspecified atom stereocenters. The molecule has 5 nitrogen and oxygen atoms in total. The third-order valence-corrected chi connectivity index (χ3v) is 3.09. The number of carbonyl (C=O) groups excluding carboxylic acids is 1. The molecule has 0 aliphatic heterocycles. The average molecular weight is 267 g/mol. The first-order valence-electron chi connectivity index (χ1n) is 4.66. The molecule has 1 aromatic heterocycles. The van der Waals surface area contributed by atoms with Gasteiger partial charge in [-0.25, -0.2) is 9.78 Å². The number of benzene rings is 1. The molecule has 0 radical (unpaired) electrons. The van der Waals surface area contributed by atoms with Gasteiger partial charge >= 0.3 is 5.97 Å². The number of thiazole rings is 1. The molecule has 0 bridgehead atoms. The molecule has 17 heavy (non-hydrogen) atoms. The molecule has 0 saturated carbocycles. The fourth-order valence-corrected chi connectivity index (χ4v) is 2.45. The van der Waals surface area contributed by atoms with Crippen molar-refractivity contribution < 1.29 is 9.53 Å². The number of para-hydroxylation sites is 1. The smallest absolute Gasteiger partial charge is 0.340 e. The fourth-order valence-electron chi connectivity index (χ4n) is 1.38. The molecule has 2 aromatic rings. The van der Waals surface area contributed by atoms with E-state index >= 15 is 0 Å². The lowest BCUT2D eigenvalue weighted by atomic mass is 10.2. The molecule has 0 aliphatic carbocycles. The van der Waals surface area contributed by atoms with Gasteiger partial charge in [0.15, 0.2) is 10.2 Å². The number of anilines is 1. The molecule has 0 aliphatic rings. The number of nitrogens with zero attached hydrogens (tertiary/aromatic N) is 1. The summed E-state index contributed by atoms with van der Waals surface area (Å²) in [5, 5.41) is 3.44. The molecule has 1 aromatic carbocycles. The summed E-state index contributed by atoms with van der Waals surface area (Å²) in [6, 6.07) is 5.31. The van der Waals surface area contributed by atoms with Gasteiger partial charge in [-0.1, -0.05) is 17.4 Å². The van der Waals surface area contributed by atoms with Gasteiger partial charge in [-0.15, -0.1) is 0 Å². The second kappa shape index (κ2) is 4.64. The van der Waals surface area contributed by atoms with Crippen LogP contribution in [0.25, 0.3) is 10.2 Å². The highest BCUT2D eigenvalue weighted by atomic mass is 32.1. The largest absolute Gasteiger partial charge is 0.465 e. The van der Waals surface area contributed by atoms with Gasteiger partial charge in [-0.2, -0.15) is 0 Å². The number of aromatic nitrogens is 1. The Balaban J connectivity index is 2.52. The second-order valence-electron chi connectivity index (χ2n) is 3.15. The first-order chi connectivity index (χ1) is 8.11. The number of fused-ring (bicyclic) bond motifs is 1. The molecule has 0 spiro atoms. The van der Waals surface area contributed by atoms with E-state index in [0.29, 0.717) is 16.2 Å². The molecular weight excluding hydrogens is 258 g/mol. The molecule has 0 atom stereocenters. The van der Waals surface area contributed by atoms with E-state index in [1.54, 1.807) is 12.1 Å². The van der Waals surface area contributed by atoms with Crippen molar-refractivity contribution in [3.05, 3.63) is 23.8 Å². The Morgan fingerprint density at radius 2 is 2.35 bits per heavy atom. The maximum atomic E-state index is 11.5. The SMILES string of the molecule is COC(=O)c1cccc2sc(NC(N)=S)nc12. The van der Waals surface area contributed by atoms with Crippen LogP contribution in [0, 0.1) is 0 Å². The number of thiocarbonyl (C=S) groups is 1. The molecule has 2 rings (SSSR count). The number of ether oxygens (including phenoxy) is 1. The number of nitrogens with two attached hydrogens (primary N) is 1. The van der Waals surface area contributed by atoms with Gasteiger partial charge in [0.25, 0.3) is 0 Å².